The summed E-state index contributed by atoms with van der Waals surface area (Å²) in [7, 11) is 2.17. The second-order valence-electron chi connectivity index (χ2n) is 5.21. The number of anilines is 1. The van der Waals surface area contributed by atoms with E-state index in [-0.39, 0.29) is 0 Å². The lowest BCUT2D eigenvalue weighted by atomic mass is 10.2. The lowest BCUT2D eigenvalue weighted by molar-refractivity contribution is 0.272. The Morgan fingerprint density at radius 1 is 1.32 bits per heavy atom. The zero-order valence-corrected chi connectivity index (χ0v) is 12.0. The highest BCUT2D eigenvalue weighted by molar-refractivity contribution is 6.31. The number of rotatable bonds is 1. The van der Waals surface area contributed by atoms with E-state index >= 15 is 0 Å². The normalized spacial score (nSPS) is 21.8. The van der Waals surface area contributed by atoms with Gasteiger partial charge in [0.25, 0.3) is 6.01 Å². The van der Waals surface area contributed by atoms with Crippen LogP contribution in [0.5, 0.6) is 0 Å². The van der Waals surface area contributed by atoms with E-state index in [4.69, 9.17) is 16.0 Å². The van der Waals surface area contributed by atoms with E-state index in [1.54, 1.807) is 0 Å². The molecule has 0 spiro atoms. The van der Waals surface area contributed by atoms with Gasteiger partial charge in [0.05, 0.1) is 0 Å². The van der Waals surface area contributed by atoms with E-state index in [9.17, 15) is 0 Å². The predicted molar refractivity (Wildman–Crippen MR) is 77.9 cm³/mol. The van der Waals surface area contributed by atoms with Gasteiger partial charge in [0.15, 0.2) is 5.58 Å². The molecule has 0 amide bonds. The summed E-state index contributed by atoms with van der Waals surface area (Å²) in [4.78, 5) is 9.14. The fourth-order valence-electron chi connectivity index (χ4n) is 2.39. The van der Waals surface area contributed by atoms with Crippen LogP contribution in [0.25, 0.3) is 11.1 Å². The monoisotopic (exact) mass is 279 g/mol. The second kappa shape index (κ2) is 5.02. The smallest absolute Gasteiger partial charge is 0.298 e. The number of likely N-dealkylation sites (N-methyl/N-ethyl adjacent to an activating group) is 1. The van der Waals surface area contributed by atoms with Gasteiger partial charge in [0.2, 0.25) is 0 Å². The Kier molecular flexibility index (Phi) is 3.37. The van der Waals surface area contributed by atoms with Gasteiger partial charge in [0.1, 0.15) is 5.52 Å². The minimum atomic E-state index is 0.601. The van der Waals surface area contributed by atoms with Gasteiger partial charge in [-0.05, 0) is 38.6 Å². The lowest BCUT2D eigenvalue weighted by Gasteiger charge is -2.20. The third-order valence-corrected chi connectivity index (χ3v) is 4.14. The Morgan fingerprint density at radius 3 is 3.00 bits per heavy atom. The van der Waals surface area contributed by atoms with Gasteiger partial charge in [-0.3, -0.25) is 0 Å². The van der Waals surface area contributed by atoms with Gasteiger partial charge >= 0.3 is 0 Å². The van der Waals surface area contributed by atoms with E-state index < -0.39 is 0 Å². The zero-order chi connectivity index (χ0) is 13.4. The number of hydrogen-bond acceptors (Lipinski definition) is 4. The van der Waals surface area contributed by atoms with Crippen LogP contribution in [0.4, 0.5) is 6.01 Å². The molecule has 3 rings (SSSR count). The average molecular weight is 280 g/mol. The van der Waals surface area contributed by atoms with Crippen LogP contribution in [-0.4, -0.2) is 42.6 Å². The standard InChI is InChI=1S/C14H18ClN3O/c1-10-5-6-18(8-7-17(10)2)14-16-12-9-11(15)3-4-13(12)19-14/h3-4,9-10H,5-8H2,1-2H3/t10-/m1/s1. The minimum absolute atomic E-state index is 0.601. The summed E-state index contributed by atoms with van der Waals surface area (Å²) in [5.41, 5.74) is 1.62. The summed E-state index contributed by atoms with van der Waals surface area (Å²) in [6, 6.07) is 6.86. The van der Waals surface area contributed by atoms with Crippen LogP contribution in [0.2, 0.25) is 5.02 Å². The van der Waals surface area contributed by atoms with Crippen LogP contribution in [0, 0.1) is 0 Å². The molecule has 0 saturated carbocycles. The molecule has 0 unspecified atom stereocenters. The van der Waals surface area contributed by atoms with Gasteiger partial charge in [-0.25, -0.2) is 0 Å². The van der Waals surface area contributed by atoms with Crippen molar-refractivity contribution in [3.05, 3.63) is 23.2 Å². The maximum atomic E-state index is 5.98. The largest absolute Gasteiger partial charge is 0.423 e. The maximum Gasteiger partial charge on any atom is 0.298 e. The van der Waals surface area contributed by atoms with Crippen LogP contribution in [0.3, 0.4) is 0 Å². The first kappa shape index (κ1) is 12.8. The Hall–Kier alpha value is -1.26. The van der Waals surface area contributed by atoms with Crippen LogP contribution < -0.4 is 4.90 Å². The summed E-state index contributed by atoms with van der Waals surface area (Å²) in [6.07, 6.45) is 1.12. The SMILES string of the molecule is C[C@@H]1CCN(c2nc3cc(Cl)ccc3o2)CCN1C. The first-order valence-electron chi connectivity index (χ1n) is 6.65. The zero-order valence-electron chi connectivity index (χ0n) is 11.3. The van der Waals surface area contributed by atoms with Crippen LogP contribution in [-0.2, 0) is 0 Å². The summed E-state index contributed by atoms with van der Waals surface area (Å²) in [6.45, 7) is 5.21. The second-order valence-corrected chi connectivity index (χ2v) is 5.65. The van der Waals surface area contributed by atoms with Crippen molar-refractivity contribution in [2.45, 2.75) is 19.4 Å². The third-order valence-electron chi connectivity index (χ3n) is 3.90. The number of nitrogens with zero attached hydrogens (tertiary/aromatic N) is 3. The van der Waals surface area contributed by atoms with E-state index in [0.29, 0.717) is 17.1 Å². The molecule has 19 heavy (non-hydrogen) atoms. The molecule has 0 aliphatic carbocycles. The van der Waals surface area contributed by atoms with Crippen molar-refractivity contribution in [2.75, 3.05) is 31.6 Å². The Labute approximate surface area is 117 Å². The molecule has 0 bridgehead atoms. The number of halogens is 1. The summed E-state index contributed by atoms with van der Waals surface area (Å²) < 4.78 is 5.83. The first-order valence-corrected chi connectivity index (χ1v) is 7.02. The molecule has 1 aromatic heterocycles. The van der Waals surface area contributed by atoms with Crippen molar-refractivity contribution >= 4 is 28.7 Å². The highest BCUT2D eigenvalue weighted by Gasteiger charge is 2.21. The molecule has 1 atom stereocenters. The molecular weight excluding hydrogens is 262 g/mol. The van der Waals surface area contributed by atoms with Crippen LogP contribution in [0.15, 0.2) is 22.6 Å². The number of hydrogen-bond donors (Lipinski definition) is 0. The van der Waals surface area contributed by atoms with E-state index in [1.807, 2.05) is 18.2 Å². The highest BCUT2D eigenvalue weighted by atomic mass is 35.5. The number of fused-ring (bicyclic) bond motifs is 1. The average Bonchev–Trinajstić information content (AvgIpc) is 2.72. The molecule has 1 fully saturated rings. The molecule has 102 valence electrons. The topological polar surface area (TPSA) is 32.5 Å². The van der Waals surface area contributed by atoms with E-state index in [0.717, 1.165) is 37.2 Å². The molecule has 0 radical (unpaired) electrons. The summed E-state index contributed by atoms with van der Waals surface area (Å²) in [5, 5.41) is 0.691. The Bertz CT molecular complexity index is 571. The van der Waals surface area contributed by atoms with Crippen molar-refractivity contribution < 1.29 is 4.42 Å². The van der Waals surface area contributed by atoms with Gasteiger partial charge in [-0.2, -0.15) is 4.98 Å². The maximum absolute atomic E-state index is 5.98. The fraction of sp³-hybridized carbons (Fsp3) is 0.500. The molecule has 2 heterocycles. The minimum Gasteiger partial charge on any atom is -0.423 e. The van der Waals surface area contributed by atoms with E-state index in [2.05, 4.69) is 28.8 Å². The lowest BCUT2D eigenvalue weighted by Crippen LogP contribution is -2.31. The Morgan fingerprint density at radius 2 is 2.16 bits per heavy atom. The molecule has 4 nitrogen and oxygen atoms in total. The van der Waals surface area contributed by atoms with Gasteiger partial charge in [0, 0.05) is 30.7 Å². The molecule has 1 saturated heterocycles. The molecule has 1 aliphatic rings. The molecule has 1 aromatic carbocycles. The number of aromatic nitrogens is 1. The van der Waals surface area contributed by atoms with Crippen molar-refractivity contribution in [1.82, 2.24) is 9.88 Å². The summed E-state index contributed by atoms with van der Waals surface area (Å²) >= 11 is 5.98. The van der Waals surface area contributed by atoms with Crippen molar-refractivity contribution in [1.29, 1.82) is 0 Å². The Balaban J connectivity index is 1.87. The molecular formula is C14H18ClN3O. The third kappa shape index (κ3) is 2.55. The first-order chi connectivity index (χ1) is 9.13. The number of benzene rings is 1. The molecule has 2 aromatic rings. The van der Waals surface area contributed by atoms with Crippen LogP contribution in [0.1, 0.15) is 13.3 Å². The highest BCUT2D eigenvalue weighted by Crippen LogP contribution is 2.25. The number of oxazole rings is 1. The molecule has 1 aliphatic heterocycles. The predicted octanol–water partition coefficient (Wildman–Crippen LogP) is 3.01. The van der Waals surface area contributed by atoms with Crippen molar-refractivity contribution in [3.63, 3.8) is 0 Å². The summed E-state index contributed by atoms with van der Waals surface area (Å²) in [5.74, 6) is 0. The van der Waals surface area contributed by atoms with E-state index in [1.165, 1.54) is 0 Å². The van der Waals surface area contributed by atoms with Gasteiger partial charge in [-0.1, -0.05) is 11.6 Å². The quantitative estimate of drug-likeness (QED) is 0.803. The molecule has 5 heteroatoms. The van der Waals surface area contributed by atoms with Crippen molar-refractivity contribution in [3.8, 4) is 0 Å². The van der Waals surface area contributed by atoms with Gasteiger partial charge in [-0.15, -0.1) is 0 Å². The molecule has 0 N–H and O–H groups in total. The van der Waals surface area contributed by atoms with Gasteiger partial charge < -0.3 is 14.2 Å². The fourth-order valence-corrected chi connectivity index (χ4v) is 2.56. The van der Waals surface area contributed by atoms with Crippen LogP contribution >= 0.6 is 11.6 Å². The van der Waals surface area contributed by atoms with Crippen molar-refractivity contribution in [2.24, 2.45) is 0 Å².